The Morgan fingerprint density at radius 2 is 2.19 bits per heavy atom. The molecule has 1 heterocycles. The highest BCUT2D eigenvalue weighted by atomic mass is 16.2. The minimum absolute atomic E-state index is 0.176. The molecule has 94 valence electrons. The molecule has 0 radical (unpaired) electrons. The van der Waals surface area contributed by atoms with Gasteiger partial charge in [-0.2, -0.15) is 0 Å². The molecule has 2 atom stereocenters. The predicted octanol–water partition coefficient (Wildman–Crippen LogP) is 2.07. The van der Waals surface area contributed by atoms with E-state index in [9.17, 15) is 4.79 Å². The summed E-state index contributed by atoms with van der Waals surface area (Å²) < 4.78 is 0. The van der Waals surface area contributed by atoms with Crippen LogP contribution in [0.15, 0.2) is 0 Å². The molecule has 0 aromatic rings. The topological polar surface area (TPSA) is 41.1 Å². The van der Waals surface area contributed by atoms with E-state index in [1.165, 1.54) is 19.3 Å². The van der Waals surface area contributed by atoms with Gasteiger partial charge in [-0.1, -0.05) is 27.2 Å². The van der Waals surface area contributed by atoms with Crippen molar-refractivity contribution < 1.29 is 4.79 Å². The summed E-state index contributed by atoms with van der Waals surface area (Å²) in [7, 11) is 0. The number of nitrogens with one attached hydrogen (secondary N) is 2. The molecule has 1 aliphatic heterocycles. The van der Waals surface area contributed by atoms with Crippen LogP contribution in [0.3, 0.4) is 0 Å². The Morgan fingerprint density at radius 3 is 2.69 bits per heavy atom. The third-order valence-electron chi connectivity index (χ3n) is 3.81. The van der Waals surface area contributed by atoms with Crippen LogP contribution in [-0.2, 0) is 4.79 Å². The van der Waals surface area contributed by atoms with Crippen LogP contribution in [0.2, 0.25) is 0 Å². The van der Waals surface area contributed by atoms with E-state index in [1.807, 2.05) is 13.8 Å². The maximum absolute atomic E-state index is 12.0. The monoisotopic (exact) mass is 226 g/mol. The Morgan fingerprint density at radius 1 is 1.50 bits per heavy atom. The van der Waals surface area contributed by atoms with E-state index in [0.29, 0.717) is 6.04 Å². The van der Waals surface area contributed by atoms with Crippen molar-refractivity contribution in [3.8, 4) is 0 Å². The molecule has 1 rings (SSSR count). The first-order valence-electron chi connectivity index (χ1n) is 6.51. The third kappa shape index (κ3) is 3.48. The lowest BCUT2D eigenvalue weighted by molar-refractivity contribution is -0.130. The quantitative estimate of drug-likeness (QED) is 0.770. The lowest BCUT2D eigenvalue weighted by atomic mass is 9.88. The van der Waals surface area contributed by atoms with Crippen molar-refractivity contribution in [1.82, 2.24) is 10.6 Å². The number of hydrogen-bond acceptors (Lipinski definition) is 2. The maximum Gasteiger partial charge on any atom is 0.225 e. The molecule has 16 heavy (non-hydrogen) atoms. The average molecular weight is 226 g/mol. The minimum Gasteiger partial charge on any atom is -0.352 e. The number of amides is 1. The SMILES string of the molecule is CCC(C)(C)C(=O)NC(C)C1CCCCN1. The van der Waals surface area contributed by atoms with E-state index in [2.05, 4.69) is 24.5 Å². The van der Waals surface area contributed by atoms with Gasteiger partial charge in [-0.15, -0.1) is 0 Å². The molecule has 0 aliphatic carbocycles. The normalized spacial score (nSPS) is 23.9. The van der Waals surface area contributed by atoms with Crippen molar-refractivity contribution in [3.63, 3.8) is 0 Å². The molecule has 2 unspecified atom stereocenters. The zero-order valence-electron chi connectivity index (χ0n) is 11.1. The summed E-state index contributed by atoms with van der Waals surface area (Å²) in [6, 6.07) is 0.684. The predicted molar refractivity (Wildman–Crippen MR) is 67.3 cm³/mol. The van der Waals surface area contributed by atoms with Crippen molar-refractivity contribution >= 4 is 5.91 Å². The fourth-order valence-corrected chi connectivity index (χ4v) is 1.97. The summed E-state index contributed by atoms with van der Waals surface area (Å²) in [6.07, 6.45) is 4.59. The van der Waals surface area contributed by atoms with E-state index in [4.69, 9.17) is 0 Å². The smallest absolute Gasteiger partial charge is 0.225 e. The summed E-state index contributed by atoms with van der Waals surface area (Å²) in [6.45, 7) is 9.25. The lowest BCUT2D eigenvalue weighted by Crippen LogP contribution is -2.52. The average Bonchev–Trinajstić information content (AvgIpc) is 2.30. The van der Waals surface area contributed by atoms with Crippen LogP contribution in [0.5, 0.6) is 0 Å². The van der Waals surface area contributed by atoms with Crippen molar-refractivity contribution in [2.75, 3.05) is 6.54 Å². The van der Waals surface area contributed by atoms with Crippen LogP contribution in [0.4, 0.5) is 0 Å². The van der Waals surface area contributed by atoms with E-state index < -0.39 is 0 Å². The standard InChI is InChI=1S/C13H26N2O/c1-5-13(3,4)12(16)15-10(2)11-8-6-7-9-14-11/h10-11,14H,5-9H2,1-4H3,(H,15,16). The molecule has 0 spiro atoms. The van der Waals surface area contributed by atoms with Gasteiger partial charge in [-0.05, 0) is 32.7 Å². The fourth-order valence-electron chi connectivity index (χ4n) is 1.97. The molecular formula is C13H26N2O. The fraction of sp³-hybridized carbons (Fsp3) is 0.923. The number of hydrogen-bond donors (Lipinski definition) is 2. The molecule has 0 aromatic carbocycles. The van der Waals surface area contributed by atoms with E-state index in [0.717, 1.165) is 13.0 Å². The largest absolute Gasteiger partial charge is 0.352 e. The Kier molecular flexibility index (Phi) is 4.78. The molecule has 1 amide bonds. The highest BCUT2D eigenvalue weighted by Crippen LogP contribution is 2.20. The molecule has 1 aliphatic rings. The van der Waals surface area contributed by atoms with Crippen LogP contribution < -0.4 is 10.6 Å². The first kappa shape index (κ1) is 13.5. The number of carbonyl (C=O) groups excluding carboxylic acids is 1. The van der Waals surface area contributed by atoms with Crippen molar-refractivity contribution in [2.24, 2.45) is 5.41 Å². The zero-order chi connectivity index (χ0) is 12.2. The molecular weight excluding hydrogens is 200 g/mol. The molecule has 0 saturated carbocycles. The molecule has 0 bridgehead atoms. The summed E-state index contributed by atoms with van der Waals surface area (Å²) in [5.74, 6) is 0.176. The van der Waals surface area contributed by atoms with Gasteiger partial charge in [0.25, 0.3) is 0 Å². The number of piperidine rings is 1. The third-order valence-corrected chi connectivity index (χ3v) is 3.81. The first-order chi connectivity index (χ1) is 7.47. The Bertz CT molecular complexity index is 232. The number of carbonyl (C=O) groups is 1. The second-order valence-electron chi connectivity index (χ2n) is 5.56. The second kappa shape index (κ2) is 5.67. The van der Waals surface area contributed by atoms with E-state index >= 15 is 0 Å². The summed E-state index contributed by atoms with van der Waals surface area (Å²) >= 11 is 0. The minimum atomic E-state index is -0.247. The summed E-state index contributed by atoms with van der Waals surface area (Å²) in [5.41, 5.74) is -0.247. The summed E-state index contributed by atoms with van der Waals surface area (Å²) in [5, 5.41) is 6.62. The van der Waals surface area contributed by atoms with Crippen molar-refractivity contribution in [3.05, 3.63) is 0 Å². The first-order valence-corrected chi connectivity index (χ1v) is 6.51. The van der Waals surface area contributed by atoms with Gasteiger partial charge in [-0.3, -0.25) is 4.79 Å². The van der Waals surface area contributed by atoms with Crippen LogP contribution in [0.1, 0.15) is 53.4 Å². The second-order valence-corrected chi connectivity index (χ2v) is 5.56. The number of rotatable bonds is 4. The van der Waals surface area contributed by atoms with E-state index in [-0.39, 0.29) is 17.4 Å². The molecule has 3 heteroatoms. The van der Waals surface area contributed by atoms with Gasteiger partial charge in [0, 0.05) is 17.5 Å². The van der Waals surface area contributed by atoms with Crippen molar-refractivity contribution in [1.29, 1.82) is 0 Å². The molecule has 1 fully saturated rings. The van der Waals surface area contributed by atoms with E-state index in [1.54, 1.807) is 0 Å². The van der Waals surface area contributed by atoms with Crippen molar-refractivity contribution in [2.45, 2.75) is 65.5 Å². The van der Waals surface area contributed by atoms with Crippen LogP contribution in [-0.4, -0.2) is 24.5 Å². The zero-order valence-corrected chi connectivity index (χ0v) is 11.1. The van der Waals surface area contributed by atoms with Gasteiger partial charge in [-0.25, -0.2) is 0 Å². The van der Waals surface area contributed by atoms with Gasteiger partial charge in [0.05, 0.1) is 0 Å². The highest BCUT2D eigenvalue weighted by molar-refractivity contribution is 5.82. The lowest BCUT2D eigenvalue weighted by Gasteiger charge is -2.32. The van der Waals surface area contributed by atoms with Crippen LogP contribution in [0.25, 0.3) is 0 Å². The van der Waals surface area contributed by atoms with Gasteiger partial charge in [0.1, 0.15) is 0 Å². The Hall–Kier alpha value is -0.570. The maximum atomic E-state index is 12.0. The van der Waals surface area contributed by atoms with Gasteiger partial charge in [0.15, 0.2) is 0 Å². The molecule has 3 nitrogen and oxygen atoms in total. The molecule has 0 aromatic heterocycles. The highest BCUT2D eigenvalue weighted by Gasteiger charge is 2.28. The van der Waals surface area contributed by atoms with Crippen LogP contribution >= 0.6 is 0 Å². The summed E-state index contributed by atoms with van der Waals surface area (Å²) in [4.78, 5) is 12.0. The Balaban J connectivity index is 2.43. The van der Waals surface area contributed by atoms with Gasteiger partial charge < -0.3 is 10.6 Å². The van der Waals surface area contributed by atoms with Gasteiger partial charge in [0.2, 0.25) is 5.91 Å². The molecule has 1 saturated heterocycles. The Labute approximate surface area is 99.4 Å². The van der Waals surface area contributed by atoms with Gasteiger partial charge >= 0.3 is 0 Å². The van der Waals surface area contributed by atoms with Crippen LogP contribution in [0, 0.1) is 5.41 Å². The molecule has 2 N–H and O–H groups in total.